The van der Waals surface area contributed by atoms with Crippen molar-refractivity contribution in [3.05, 3.63) is 53.2 Å². The van der Waals surface area contributed by atoms with E-state index in [-0.39, 0.29) is 16.7 Å². The Balaban J connectivity index is 1.87. The number of carbonyl (C=O) groups is 1. The number of nitrogen functional groups attached to an aromatic ring is 1. The number of benzene rings is 1. The smallest absolute Gasteiger partial charge is 0.277 e. The molecule has 3 aromatic rings. The summed E-state index contributed by atoms with van der Waals surface area (Å²) in [6.07, 6.45) is 2.33. The predicted octanol–water partition coefficient (Wildman–Crippen LogP) is 2.09. The van der Waals surface area contributed by atoms with Gasteiger partial charge in [0.1, 0.15) is 11.7 Å². The number of hydrogen-bond donors (Lipinski definition) is 4. The summed E-state index contributed by atoms with van der Waals surface area (Å²) < 4.78 is 4.39. The second kappa shape index (κ2) is 11.1. The van der Waals surface area contributed by atoms with E-state index in [9.17, 15) is 4.79 Å². The highest BCUT2D eigenvalue weighted by Gasteiger charge is 2.25. The number of rotatable bonds is 11. The Hall–Kier alpha value is -3.17. The number of amides is 1. The number of halogens is 1. The topological polar surface area (TPSA) is 114 Å². The largest absolute Gasteiger partial charge is 0.385 e. The van der Waals surface area contributed by atoms with Crippen LogP contribution in [0.1, 0.15) is 42.1 Å². The minimum Gasteiger partial charge on any atom is -0.385 e. The standard InChI is InChI=1S/C23H31ClN8O/c1-5-31-17-9-8-16(15(3)27-11-7-10-26-4)12-18(17)32(6-2)20(31)14-29-23(33)21-22(25)28-13-19(24)30-21/h8-9,12-13,26-27H,3,5-7,10-11,14H2,1-2,4H3,(H2-,25,28,29,33)/p+1. The van der Waals surface area contributed by atoms with Crippen LogP contribution in [0.4, 0.5) is 5.82 Å². The highest BCUT2D eigenvalue weighted by atomic mass is 35.5. The summed E-state index contributed by atoms with van der Waals surface area (Å²) in [5.74, 6) is 0.598. The molecule has 0 aliphatic carbocycles. The highest BCUT2D eigenvalue weighted by Crippen LogP contribution is 2.20. The van der Waals surface area contributed by atoms with Crippen LogP contribution in [-0.2, 0) is 19.6 Å². The molecule has 0 fully saturated rings. The van der Waals surface area contributed by atoms with Gasteiger partial charge < -0.3 is 21.7 Å². The molecule has 1 amide bonds. The summed E-state index contributed by atoms with van der Waals surface area (Å²) in [5, 5.41) is 9.57. The van der Waals surface area contributed by atoms with Crippen molar-refractivity contribution < 1.29 is 9.36 Å². The quantitative estimate of drug-likeness (QED) is 0.251. The molecule has 1 aromatic carbocycles. The lowest BCUT2D eigenvalue weighted by Crippen LogP contribution is -2.40. The molecule has 0 saturated heterocycles. The van der Waals surface area contributed by atoms with Crippen molar-refractivity contribution in [3.8, 4) is 0 Å². The molecule has 9 nitrogen and oxygen atoms in total. The van der Waals surface area contributed by atoms with Gasteiger partial charge in [-0.05, 0) is 52.1 Å². The fourth-order valence-corrected chi connectivity index (χ4v) is 4.00. The molecule has 10 heteroatoms. The number of hydrogen-bond acceptors (Lipinski definition) is 6. The second-order valence-corrected chi connectivity index (χ2v) is 7.97. The Labute approximate surface area is 199 Å². The zero-order valence-electron chi connectivity index (χ0n) is 19.4. The lowest BCUT2D eigenvalue weighted by atomic mass is 10.1. The van der Waals surface area contributed by atoms with Gasteiger partial charge in [-0.3, -0.25) is 4.79 Å². The molecule has 2 aromatic heterocycles. The molecule has 3 rings (SSSR count). The maximum atomic E-state index is 12.7. The molecular formula is C23H32ClN8O+. The van der Waals surface area contributed by atoms with Crippen molar-refractivity contribution in [2.24, 2.45) is 0 Å². The summed E-state index contributed by atoms with van der Waals surface area (Å²) >= 11 is 5.88. The number of aromatic nitrogens is 4. The molecule has 0 spiro atoms. The van der Waals surface area contributed by atoms with Gasteiger partial charge in [-0.25, -0.2) is 19.1 Å². The van der Waals surface area contributed by atoms with Crippen LogP contribution in [0.15, 0.2) is 31.0 Å². The third kappa shape index (κ3) is 5.43. The van der Waals surface area contributed by atoms with Crippen molar-refractivity contribution in [1.82, 2.24) is 30.5 Å². The molecule has 2 heterocycles. The molecule has 0 unspecified atom stereocenters. The maximum Gasteiger partial charge on any atom is 0.277 e. The van der Waals surface area contributed by atoms with E-state index in [4.69, 9.17) is 17.3 Å². The molecule has 0 aliphatic rings. The van der Waals surface area contributed by atoms with E-state index in [1.807, 2.05) is 7.05 Å². The van der Waals surface area contributed by atoms with Crippen molar-refractivity contribution >= 4 is 40.1 Å². The van der Waals surface area contributed by atoms with Crippen molar-refractivity contribution in [2.45, 2.75) is 39.9 Å². The molecule has 0 atom stereocenters. The number of carbonyl (C=O) groups excluding carboxylic acids is 1. The van der Waals surface area contributed by atoms with Crippen LogP contribution in [0.5, 0.6) is 0 Å². The van der Waals surface area contributed by atoms with Gasteiger partial charge in [0.15, 0.2) is 22.5 Å². The van der Waals surface area contributed by atoms with Gasteiger partial charge in [-0.1, -0.05) is 18.2 Å². The predicted molar refractivity (Wildman–Crippen MR) is 132 cm³/mol. The number of nitrogens with two attached hydrogens (primary N) is 1. The van der Waals surface area contributed by atoms with E-state index in [0.717, 1.165) is 60.7 Å². The van der Waals surface area contributed by atoms with Crippen LogP contribution in [-0.4, -0.2) is 40.6 Å². The van der Waals surface area contributed by atoms with Gasteiger partial charge in [-0.2, -0.15) is 0 Å². The lowest BCUT2D eigenvalue weighted by molar-refractivity contribution is -0.676. The monoisotopic (exact) mass is 471 g/mol. The van der Waals surface area contributed by atoms with E-state index < -0.39 is 5.91 Å². The molecule has 33 heavy (non-hydrogen) atoms. The normalized spacial score (nSPS) is 11.0. The Morgan fingerprint density at radius 3 is 2.76 bits per heavy atom. The van der Waals surface area contributed by atoms with Gasteiger partial charge in [0.2, 0.25) is 0 Å². The maximum absolute atomic E-state index is 12.7. The van der Waals surface area contributed by atoms with E-state index in [2.05, 4.69) is 73.7 Å². The van der Waals surface area contributed by atoms with Crippen LogP contribution >= 0.6 is 11.6 Å². The van der Waals surface area contributed by atoms with Gasteiger partial charge in [0.05, 0.1) is 19.3 Å². The van der Waals surface area contributed by atoms with Crippen LogP contribution in [0.25, 0.3) is 16.7 Å². The zero-order valence-corrected chi connectivity index (χ0v) is 20.2. The molecule has 176 valence electrons. The number of nitrogens with one attached hydrogen (secondary N) is 3. The summed E-state index contributed by atoms with van der Waals surface area (Å²) in [4.78, 5) is 20.6. The fourth-order valence-electron chi connectivity index (χ4n) is 3.87. The van der Waals surface area contributed by atoms with E-state index in [0.29, 0.717) is 6.54 Å². The summed E-state index contributed by atoms with van der Waals surface area (Å²) in [5.41, 5.74) is 9.94. The second-order valence-electron chi connectivity index (χ2n) is 7.58. The van der Waals surface area contributed by atoms with Crippen molar-refractivity contribution in [2.75, 3.05) is 25.9 Å². The van der Waals surface area contributed by atoms with E-state index >= 15 is 0 Å². The minimum atomic E-state index is -0.419. The first-order chi connectivity index (χ1) is 15.9. The third-order valence-electron chi connectivity index (χ3n) is 5.50. The average molecular weight is 472 g/mol. The number of aryl methyl sites for hydroxylation is 2. The van der Waals surface area contributed by atoms with Crippen molar-refractivity contribution in [3.63, 3.8) is 0 Å². The van der Waals surface area contributed by atoms with Crippen LogP contribution in [0, 0.1) is 0 Å². The Morgan fingerprint density at radius 2 is 2.06 bits per heavy atom. The van der Waals surface area contributed by atoms with Crippen LogP contribution < -0.4 is 26.3 Å². The highest BCUT2D eigenvalue weighted by molar-refractivity contribution is 6.29. The molecule has 0 saturated carbocycles. The van der Waals surface area contributed by atoms with Crippen LogP contribution in [0.2, 0.25) is 5.15 Å². The Morgan fingerprint density at radius 1 is 1.27 bits per heavy atom. The van der Waals surface area contributed by atoms with Crippen LogP contribution in [0.3, 0.4) is 0 Å². The first-order valence-corrected chi connectivity index (χ1v) is 11.5. The lowest BCUT2D eigenvalue weighted by Gasteiger charge is -2.09. The fraction of sp³-hybridized carbons (Fsp3) is 0.391. The molecular weight excluding hydrogens is 440 g/mol. The zero-order chi connectivity index (χ0) is 24.0. The Kier molecular flexibility index (Phi) is 8.24. The first-order valence-electron chi connectivity index (χ1n) is 11.1. The first kappa shape index (κ1) is 24.5. The third-order valence-corrected chi connectivity index (χ3v) is 5.68. The summed E-state index contributed by atoms with van der Waals surface area (Å²) in [7, 11) is 1.95. The van der Waals surface area contributed by atoms with Gasteiger partial charge >= 0.3 is 0 Å². The van der Waals surface area contributed by atoms with Crippen molar-refractivity contribution in [1.29, 1.82) is 0 Å². The summed E-state index contributed by atoms with van der Waals surface area (Å²) in [6, 6.07) is 6.32. The van der Waals surface area contributed by atoms with Gasteiger partial charge in [0.25, 0.3) is 11.7 Å². The molecule has 0 aliphatic heterocycles. The Bertz CT molecular complexity index is 1160. The molecule has 5 N–H and O–H groups in total. The van der Waals surface area contributed by atoms with E-state index in [1.54, 1.807) is 0 Å². The molecule has 0 radical (unpaired) electrons. The number of anilines is 1. The number of imidazole rings is 1. The summed E-state index contributed by atoms with van der Waals surface area (Å²) in [6.45, 7) is 12.0. The average Bonchev–Trinajstić information content (AvgIpc) is 3.13. The number of nitrogens with zero attached hydrogens (tertiary/aromatic N) is 4. The van der Waals surface area contributed by atoms with Gasteiger partial charge in [-0.15, -0.1) is 0 Å². The van der Waals surface area contributed by atoms with Gasteiger partial charge in [0, 0.05) is 17.8 Å². The SMILES string of the molecule is C=C(NCCCNC)c1ccc2c(c1)n(CC)c(CNC(=O)c1nc(Cl)cnc1N)[n+]2CC. The van der Waals surface area contributed by atoms with E-state index in [1.165, 1.54) is 6.20 Å². The minimum absolute atomic E-state index is 0.0210. The number of fused-ring (bicyclic) bond motifs is 1. The molecule has 0 bridgehead atoms.